The van der Waals surface area contributed by atoms with Crippen molar-refractivity contribution in [2.75, 3.05) is 157 Å². The van der Waals surface area contributed by atoms with Gasteiger partial charge < -0.3 is 34.3 Å². The minimum atomic E-state index is 0. The standard InChI is InChI=1S/C14H28N2.3C13H26N2.C12H24N2.C11H22N2.3CH4/c1-12(2)15-8-5-14(6-9-15)7-10-16(11-14)13(3)4;1-11(2)14-7-5-13(9-14)6-8-15(10-13)12(3)4;2*1-11(2)14-7-5-13(6-8-14)9-15(10-13)12(3)4;1-10(2)13-6-5-12(7-13)8-14(9-12)11(3)4;1-9(2)12-5-11(6-12)7-13(8-11)10(3)4;;;/h12-13H,5-11H2,1-4H3;3*11-12H,5-10H2,1-4H3;10-11H,5-9H2,1-4H3;9-10H,5-8H2,1-4H3;3*1H4. The molecule has 0 N–H and O–H groups in total. The van der Waals surface area contributed by atoms with E-state index in [0.29, 0.717) is 32.5 Å². The number of piperidine rings is 3. The molecule has 12 rings (SSSR count). The first-order valence-electron chi connectivity index (χ1n) is 38.0. The van der Waals surface area contributed by atoms with Gasteiger partial charge in [0, 0.05) is 175 Å². The minimum absolute atomic E-state index is 0. The highest BCUT2D eigenvalue weighted by atomic mass is 15.3. The van der Waals surface area contributed by atoms with E-state index in [4.69, 9.17) is 0 Å². The topological polar surface area (TPSA) is 38.9 Å². The Balaban J connectivity index is 0.000000232. The largest absolute Gasteiger partial charge is 0.301 e. The molecule has 0 aromatic rings. The van der Waals surface area contributed by atoms with Crippen LogP contribution in [0.5, 0.6) is 0 Å². The Bertz CT molecular complexity index is 1890. The maximum absolute atomic E-state index is 2.67. The fraction of sp³-hybridized carbons (Fsp3) is 1.00. The van der Waals surface area contributed by atoms with Gasteiger partial charge in [-0.25, -0.2) is 0 Å². The summed E-state index contributed by atoms with van der Waals surface area (Å²) in [4.78, 5) is 31.5. The minimum Gasteiger partial charge on any atom is -0.301 e. The summed E-state index contributed by atoms with van der Waals surface area (Å²) < 4.78 is 0. The van der Waals surface area contributed by atoms with E-state index in [-0.39, 0.29) is 22.3 Å². The van der Waals surface area contributed by atoms with E-state index in [9.17, 15) is 0 Å². The summed E-state index contributed by atoms with van der Waals surface area (Å²) in [5.41, 5.74) is 4.11. The number of hydrogen-bond donors (Lipinski definition) is 0. The summed E-state index contributed by atoms with van der Waals surface area (Å²) in [5, 5.41) is 0. The SMILES string of the molecule is C.C.C.CC(C)N1CC2(C1)CN(C(C)C)C2.CC(C)N1CCC2(C1)CN(C(C)C)C2.CC(C)N1CCC2(CC1)CCN(C(C)C)C2.CC(C)N1CCC2(CC1)CN(C(C)C)C2.CC(C)N1CCC2(CC1)CN(C(C)C)C2.CC(C)N1CCC2(CCN(C(C)C)C2)C1. The van der Waals surface area contributed by atoms with Crippen LogP contribution in [0.2, 0.25) is 0 Å². The second-order valence-corrected chi connectivity index (χ2v) is 36.1. The van der Waals surface area contributed by atoms with Crippen molar-refractivity contribution in [3.63, 3.8) is 0 Å². The van der Waals surface area contributed by atoms with Gasteiger partial charge in [0.15, 0.2) is 0 Å². The van der Waals surface area contributed by atoms with E-state index in [1.807, 2.05) is 0 Å². The van der Waals surface area contributed by atoms with Gasteiger partial charge in [0.25, 0.3) is 0 Å². The third-order valence-corrected chi connectivity index (χ3v) is 25.6. The van der Waals surface area contributed by atoms with Gasteiger partial charge in [0.05, 0.1) is 0 Å². The van der Waals surface area contributed by atoms with Crippen LogP contribution < -0.4 is 0 Å². The highest BCUT2D eigenvalue weighted by Gasteiger charge is 2.53. The van der Waals surface area contributed by atoms with Crippen molar-refractivity contribution in [1.82, 2.24) is 58.8 Å². The molecule has 91 heavy (non-hydrogen) atoms. The molecule has 0 radical (unpaired) electrons. The molecule has 0 atom stereocenters. The number of rotatable bonds is 12. The number of likely N-dealkylation sites (tertiary alicyclic amines) is 12. The molecule has 12 heteroatoms. The molecule has 12 aliphatic rings. The molecule has 12 aliphatic heterocycles. The first-order valence-corrected chi connectivity index (χ1v) is 38.0. The van der Waals surface area contributed by atoms with E-state index in [0.717, 1.165) is 72.5 Å². The molecular weight excluding hydrogens is 1120 g/mol. The van der Waals surface area contributed by atoms with Gasteiger partial charge in [-0.15, -0.1) is 0 Å². The molecule has 0 aliphatic carbocycles. The Morgan fingerprint density at radius 1 is 0.143 bits per heavy atom. The summed E-state index contributed by atoms with van der Waals surface area (Å²) in [5.74, 6) is 0. The molecule has 0 aromatic carbocycles. The molecule has 540 valence electrons. The molecular formula is C79H164N12. The van der Waals surface area contributed by atoms with Crippen molar-refractivity contribution in [3.05, 3.63) is 0 Å². The molecule has 0 saturated carbocycles. The predicted molar refractivity (Wildman–Crippen MR) is 401 cm³/mol. The Morgan fingerprint density at radius 2 is 0.264 bits per heavy atom. The van der Waals surface area contributed by atoms with Crippen LogP contribution in [0.1, 0.15) is 253 Å². The first kappa shape index (κ1) is 82.9. The number of nitrogens with zero attached hydrogens (tertiary/aromatic N) is 12. The molecule has 12 fully saturated rings. The summed E-state index contributed by atoms with van der Waals surface area (Å²) >= 11 is 0. The highest BCUT2D eigenvalue weighted by Crippen LogP contribution is 2.46. The Hall–Kier alpha value is -0.480. The normalized spacial score (nSPS) is 26.8. The van der Waals surface area contributed by atoms with E-state index in [2.05, 4.69) is 225 Å². The molecule has 6 spiro atoms. The summed E-state index contributed by atoms with van der Waals surface area (Å²) in [6.07, 6.45) is 14.3. The van der Waals surface area contributed by atoms with E-state index < -0.39 is 0 Å². The average Bonchev–Trinajstić information content (AvgIpc) is 1.68. The Labute approximate surface area is 570 Å². The van der Waals surface area contributed by atoms with Crippen molar-refractivity contribution >= 4 is 0 Å². The summed E-state index contributed by atoms with van der Waals surface area (Å²) in [6, 6.07) is 8.90. The Kier molecular flexibility index (Phi) is 31.9. The molecule has 0 aromatic heterocycles. The predicted octanol–water partition coefficient (Wildman–Crippen LogP) is 14.3. The quantitative estimate of drug-likeness (QED) is 0.187. The molecule has 0 bridgehead atoms. The second-order valence-electron chi connectivity index (χ2n) is 36.1. The zero-order chi connectivity index (χ0) is 64.9. The molecule has 12 nitrogen and oxygen atoms in total. The van der Waals surface area contributed by atoms with Crippen LogP contribution in [-0.2, 0) is 0 Å². The molecule has 0 unspecified atom stereocenters. The lowest BCUT2D eigenvalue weighted by atomic mass is 9.71. The van der Waals surface area contributed by atoms with Crippen LogP contribution in [0.25, 0.3) is 0 Å². The average molecular weight is 1280 g/mol. The zero-order valence-corrected chi connectivity index (χ0v) is 63.3. The van der Waals surface area contributed by atoms with Crippen LogP contribution in [0.4, 0.5) is 0 Å². The van der Waals surface area contributed by atoms with E-state index in [1.165, 1.54) is 221 Å². The van der Waals surface area contributed by atoms with Crippen molar-refractivity contribution in [2.24, 2.45) is 32.5 Å². The highest BCUT2D eigenvalue weighted by molar-refractivity contribution is 5.08. The first-order chi connectivity index (χ1) is 41.1. The van der Waals surface area contributed by atoms with Gasteiger partial charge in [-0.2, -0.15) is 0 Å². The van der Waals surface area contributed by atoms with Crippen LogP contribution in [0, 0.1) is 32.5 Å². The number of hydrogen-bond acceptors (Lipinski definition) is 12. The fourth-order valence-electron chi connectivity index (χ4n) is 17.9. The van der Waals surface area contributed by atoms with Gasteiger partial charge in [-0.1, -0.05) is 22.3 Å². The van der Waals surface area contributed by atoms with Gasteiger partial charge >= 0.3 is 0 Å². The lowest BCUT2D eigenvalue weighted by Crippen LogP contribution is -2.73. The van der Waals surface area contributed by atoms with Crippen LogP contribution in [0.3, 0.4) is 0 Å². The Morgan fingerprint density at radius 3 is 0.451 bits per heavy atom. The molecule has 0 amide bonds. The smallest absolute Gasteiger partial charge is 0.0212 e. The van der Waals surface area contributed by atoms with Crippen molar-refractivity contribution in [2.45, 2.75) is 325 Å². The van der Waals surface area contributed by atoms with Gasteiger partial charge in [-0.3, -0.25) is 24.5 Å². The maximum atomic E-state index is 2.67. The third kappa shape index (κ3) is 21.8. The van der Waals surface area contributed by atoms with Crippen molar-refractivity contribution < 1.29 is 0 Å². The van der Waals surface area contributed by atoms with Crippen LogP contribution in [0.15, 0.2) is 0 Å². The fourth-order valence-corrected chi connectivity index (χ4v) is 17.9. The van der Waals surface area contributed by atoms with Gasteiger partial charge in [0.1, 0.15) is 0 Å². The second kappa shape index (κ2) is 35.0. The molecule has 12 heterocycles. The maximum Gasteiger partial charge on any atom is 0.0212 e. The van der Waals surface area contributed by atoms with Crippen molar-refractivity contribution in [1.29, 1.82) is 0 Å². The third-order valence-electron chi connectivity index (χ3n) is 25.6. The van der Waals surface area contributed by atoms with Crippen molar-refractivity contribution in [3.8, 4) is 0 Å². The van der Waals surface area contributed by atoms with Crippen LogP contribution in [-0.4, -0.2) is 288 Å². The van der Waals surface area contributed by atoms with E-state index in [1.54, 1.807) is 0 Å². The lowest BCUT2D eigenvalue weighted by Gasteiger charge is -2.62. The summed E-state index contributed by atoms with van der Waals surface area (Å²) in [6.45, 7) is 87.7. The molecule has 12 saturated heterocycles. The van der Waals surface area contributed by atoms with Gasteiger partial charge in [-0.05, 0) is 317 Å². The summed E-state index contributed by atoms with van der Waals surface area (Å²) in [7, 11) is 0. The van der Waals surface area contributed by atoms with E-state index >= 15 is 0 Å². The van der Waals surface area contributed by atoms with Crippen LogP contribution >= 0.6 is 0 Å². The van der Waals surface area contributed by atoms with Gasteiger partial charge in [0.2, 0.25) is 0 Å². The zero-order valence-electron chi connectivity index (χ0n) is 63.3. The lowest BCUT2D eigenvalue weighted by molar-refractivity contribution is -0.135. The monoisotopic (exact) mass is 1280 g/mol.